The van der Waals surface area contributed by atoms with Crippen molar-refractivity contribution in [2.75, 3.05) is 28.4 Å². The summed E-state index contributed by atoms with van der Waals surface area (Å²) in [6.45, 7) is 19.5. The van der Waals surface area contributed by atoms with E-state index in [0.717, 1.165) is 88.2 Å². The number of aliphatic hydroxyl groups is 6. The molecule has 26 unspecified atom stereocenters. The van der Waals surface area contributed by atoms with Crippen LogP contribution in [-0.4, -0.2) is 193 Å². The predicted molar refractivity (Wildman–Crippen MR) is 366 cm³/mol. The first-order valence-corrected chi connectivity index (χ1v) is 36.0. The quantitative estimate of drug-likeness (QED) is 0.0621. The van der Waals surface area contributed by atoms with Crippen LogP contribution in [0.15, 0.2) is 71.9 Å². The van der Waals surface area contributed by atoms with E-state index in [1.165, 1.54) is 12.2 Å². The Morgan fingerprint density at radius 3 is 1.24 bits per heavy atom. The summed E-state index contributed by atoms with van der Waals surface area (Å²) < 4.78 is 61.3. The summed E-state index contributed by atoms with van der Waals surface area (Å²) in [5, 5.41) is 70.7. The molecule has 5 rings (SSSR count). The summed E-state index contributed by atoms with van der Waals surface area (Å²) in [4.78, 5) is 27.5. The van der Waals surface area contributed by atoms with Crippen molar-refractivity contribution in [2.24, 2.45) is 35.5 Å². The summed E-state index contributed by atoms with van der Waals surface area (Å²) in [6, 6.07) is 0. The van der Waals surface area contributed by atoms with Crippen LogP contribution in [0.5, 0.6) is 0 Å². The van der Waals surface area contributed by atoms with Gasteiger partial charge in [-0.2, -0.15) is 0 Å². The second-order valence-corrected chi connectivity index (χ2v) is 29.0. The van der Waals surface area contributed by atoms with E-state index in [9.17, 15) is 40.2 Å². The third-order valence-electron chi connectivity index (χ3n) is 21.1. The van der Waals surface area contributed by atoms with Crippen molar-refractivity contribution in [1.82, 2.24) is 0 Å². The Kier molecular flexibility index (Phi) is 37.0. The molecule has 2 fully saturated rings. The molecule has 18 nitrogen and oxygen atoms in total. The van der Waals surface area contributed by atoms with E-state index in [1.54, 1.807) is 40.6 Å². The monoisotopic (exact) mass is 1330 g/mol. The van der Waals surface area contributed by atoms with Crippen molar-refractivity contribution in [2.45, 2.75) is 333 Å². The first-order chi connectivity index (χ1) is 44.8. The fourth-order valence-corrected chi connectivity index (χ4v) is 14.7. The van der Waals surface area contributed by atoms with Crippen LogP contribution in [0.2, 0.25) is 0 Å². The van der Waals surface area contributed by atoms with Crippen molar-refractivity contribution < 1.29 is 87.6 Å². The average molecular weight is 1330 g/mol. The van der Waals surface area contributed by atoms with Gasteiger partial charge in [0.2, 0.25) is 0 Å². The highest BCUT2D eigenvalue weighted by Crippen LogP contribution is 2.35. The minimum absolute atomic E-state index is 0.000510. The van der Waals surface area contributed by atoms with Crippen molar-refractivity contribution in [3.63, 3.8) is 0 Å². The van der Waals surface area contributed by atoms with E-state index < -0.39 is 72.6 Å². The maximum absolute atomic E-state index is 13.7. The number of rotatable bonds is 16. The highest BCUT2D eigenvalue weighted by atomic mass is 16.6. The zero-order chi connectivity index (χ0) is 69.0. The molecule has 5 aliphatic heterocycles. The number of fused-ring (bicyclic) bond motifs is 4. The predicted octanol–water partition coefficient (Wildman–Crippen LogP) is 11.7. The molecule has 18 heteroatoms. The van der Waals surface area contributed by atoms with Crippen LogP contribution in [0, 0.1) is 35.5 Å². The van der Waals surface area contributed by atoms with Gasteiger partial charge in [0.15, 0.2) is 0 Å². The molecular formula is C76H128O18. The minimum atomic E-state index is -1.07. The Bertz CT molecular complexity index is 2180. The summed E-state index contributed by atoms with van der Waals surface area (Å²) in [5.41, 5.74) is 1.74. The molecule has 2 saturated heterocycles. The van der Waals surface area contributed by atoms with E-state index in [2.05, 4.69) is 50.3 Å². The third kappa shape index (κ3) is 28.6. The minimum Gasteiger partial charge on any atom is -0.459 e. The second-order valence-electron chi connectivity index (χ2n) is 29.0. The van der Waals surface area contributed by atoms with Gasteiger partial charge in [0.05, 0.1) is 110 Å². The topological polar surface area (TPSA) is 248 Å². The third-order valence-corrected chi connectivity index (χ3v) is 21.1. The molecule has 0 spiro atoms. The SMILES string of the molecule is COC1CC(C)OC(CCC(C)C(O)C(C)C2CC(O)CC(O)C(C)C(OC)CC3CC=CC(CCCC=C(C)C=CC(=O)OC(C(C)C(O)C(C)CCC4CC(OC)CC(C)O4)CC(O)CC(O)C(C)C(OC)CC4CC=CC(CCCC=C(C)C=CC(=O)O2)O4)O3)C1. The van der Waals surface area contributed by atoms with Gasteiger partial charge in [-0.15, -0.1) is 0 Å². The van der Waals surface area contributed by atoms with E-state index in [4.69, 9.17) is 47.4 Å². The number of allylic oxidation sites excluding steroid dienone is 6. The Morgan fingerprint density at radius 1 is 0.500 bits per heavy atom. The lowest BCUT2D eigenvalue weighted by Gasteiger charge is -2.36. The number of cyclic esters (lactones) is 2. The van der Waals surface area contributed by atoms with Gasteiger partial charge < -0.3 is 78.0 Å². The number of hydrogen-bond acceptors (Lipinski definition) is 18. The molecule has 0 aliphatic carbocycles. The zero-order valence-electron chi connectivity index (χ0n) is 59.9. The Balaban J connectivity index is 1.30. The van der Waals surface area contributed by atoms with Gasteiger partial charge in [0.25, 0.3) is 0 Å². The summed E-state index contributed by atoms with van der Waals surface area (Å²) >= 11 is 0. The van der Waals surface area contributed by atoms with Crippen molar-refractivity contribution in [3.05, 3.63) is 71.9 Å². The van der Waals surface area contributed by atoms with Crippen molar-refractivity contribution >= 4 is 11.9 Å². The summed E-state index contributed by atoms with van der Waals surface area (Å²) in [6.07, 6.45) is 23.4. The highest BCUT2D eigenvalue weighted by molar-refractivity contribution is 5.83. The zero-order valence-corrected chi connectivity index (χ0v) is 59.9. The molecule has 0 saturated carbocycles. The first-order valence-electron chi connectivity index (χ1n) is 36.0. The smallest absolute Gasteiger partial charge is 0.331 e. The van der Waals surface area contributed by atoms with Crippen LogP contribution < -0.4 is 0 Å². The molecule has 0 aromatic carbocycles. The van der Waals surface area contributed by atoms with Crippen LogP contribution in [-0.2, 0) is 57.0 Å². The maximum Gasteiger partial charge on any atom is 0.331 e. The van der Waals surface area contributed by atoms with Crippen LogP contribution in [0.25, 0.3) is 0 Å². The van der Waals surface area contributed by atoms with Crippen molar-refractivity contribution in [1.29, 1.82) is 0 Å². The fourth-order valence-electron chi connectivity index (χ4n) is 14.7. The maximum atomic E-state index is 13.7. The van der Waals surface area contributed by atoms with Crippen LogP contribution >= 0.6 is 0 Å². The molecule has 26 atom stereocenters. The molecule has 0 aromatic heterocycles. The van der Waals surface area contributed by atoms with E-state index in [-0.39, 0.29) is 123 Å². The molecule has 6 N–H and O–H groups in total. The lowest BCUT2D eigenvalue weighted by Crippen LogP contribution is -2.41. The van der Waals surface area contributed by atoms with Gasteiger partial charge in [-0.25, -0.2) is 9.59 Å². The van der Waals surface area contributed by atoms with Crippen LogP contribution in [0.3, 0.4) is 0 Å². The number of methoxy groups -OCH3 is 4. The standard InChI is InChI=1S/C76H128O18/c1-47-21-15-17-23-59-25-19-27-61(91-59)45-69(87-13)54(8)68(80)40-58(78)42-72(56(10)76(84)50(4)32-34-64-44-66(86-12)38-52(6)90-64)94-74(82)36-30-48(2)22-16-18-24-60-26-20-28-62(92-60)46-70(88-14)53(7)67(79)39-57(77)41-71(93-73(81)35-29-47)55(9)75(83)49(3)31-33-63-43-65(85-11)37-51(5)89-63/h19-22,25-26,29-30,35-36,49-72,75-80,83-84H,15-18,23-24,27-28,31-34,37-46H2,1-14H3. The molecule has 5 heterocycles. The molecule has 0 radical (unpaired) electrons. The average Bonchev–Trinajstić information content (AvgIpc) is 1.12. The number of hydrogen-bond donors (Lipinski definition) is 6. The van der Waals surface area contributed by atoms with Gasteiger partial charge in [-0.3, -0.25) is 0 Å². The highest BCUT2D eigenvalue weighted by Gasteiger charge is 2.39. The Morgan fingerprint density at radius 2 is 0.883 bits per heavy atom. The van der Waals surface area contributed by atoms with Crippen LogP contribution in [0.4, 0.5) is 0 Å². The van der Waals surface area contributed by atoms with E-state index >= 15 is 0 Å². The Hall–Kier alpha value is -3.18. The molecule has 0 aromatic rings. The van der Waals surface area contributed by atoms with Crippen molar-refractivity contribution in [3.8, 4) is 0 Å². The van der Waals surface area contributed by atoms with Gasteiger partial charge in [-0.05, 0) is 155 Å². The summed E-state index contributed by atoms with van der Waals surface area (Å²) in [7, 11) is 6.71. The lowest BCUT2D eigenvalue weighted by atomic mass is 9.83. The molecule has 4 bridgehead atoms. The van der Waals surface area contributed by atoms with E-state index in [0.29, 0.717) is 38.5 Å². The van der Waals surface area contributed by atoms with Gasteiger partial charge in [0, 0.05) is 89.9 Å². The number of carbonyl (C=O) groups excluding carboxylic acids is 2. The molecule has 540 valence electrons. The number of aliphatic hydroxyl groups excluding tert-OH is 6. The van der Waals surface area contributed by atoms with E-state index in [1.807, 2.05) is 55.4 Å². The molecule has 5 aliphatic rings. The summed E-state index contributed by atoms with van der Waals surface area (Å²) in [5.74, 6) is -3.42. The lowest BCUT2D eigenvalue weighted by molar-refractivity contribution is -0.152. The normalized spacial score (nSPS) is 37.3. The first kappa shape index (κ1) is 81.5. The largest absolute Gasteiger partial charge is 0.459 e. The fraction of sp³-hybridized carbons (Fsp3) is 0.816. The number of carbonyl (C=O) groups is 2. The van der Waals surface area contributed by atoms with Gasteiger partial charge in [-0.1, -0.05) is 101 Å². The van der Waals surface area contributed by atoms with Gasteiger partial charge in [0.1, 0.15) is 12.2 Å². The second kappa shape index (κ2) is 42.7. The Labute approximate surface area is 565 Å². The number of esters is 2. The van der Waals surface area contributed by atoms with Gasteiger partial charge >= 0.3 is 11.9 Å². The molecular weight excluding hydrogens is 1200 g/mol. The molecule has 0 amide bonds. The van der Waals surface area contributed by atoms with Crippen LogP contribution in [0.1, 0.15) is 210 Å². The number of ether oxygens (including phenoxy) is 10. The molecule has 94 heavy (non-hydrogen) atoms.